The molecule has 0 aromatic carbocycles. The predicted molar refractivity (Wildman–Crippen MR) is 53.5 cm³/mol. The zero-order valence-corrected chi connectivity index (χ0v) is 8.12. The van der Waals surface area contributed by atoms with Crippen molar-refractivity contribution in [2.75, 3.05) is 12.3 Å². The average molecular weight is 171 g/mol. The van der Waals surface area contributed by atoms with Crippen molar-refractivity contribution >= 4 is 16.8 Å². The topological polar surface area (TPSA) is 12.4 Å². The molecule has 0 aliphatic carbocycles. The molecule has 0 amide bonds. The van der Waals surface area contributed by atoms with Gasteiger partial charge in [0.2, 0.25) is 0 Å². The Morgan fingerprint density at radius 1 is 1.36 bits per heavy atom. The van der Waals surface area contributed by atoms with E-state index in [-0.39, 0.29) is 0 Å². The van der Waals surface area contributed by atoms with Crippen molar-refractivity contribution in [2.24, 2.45) is 4.99 Å². The first-order valence-corrected chi connectivity index (χ1v) is 5.58. The predicted octanol–water partition coefficient (Wildman–Crippen LogP) is 3.10. The third kappa shape index (κ3) is 3.80. The Kier molecular flexibility index (Phi) is 4.67. The first-order chi connectivity index (χ1) is 5.43. The van der Waals surface area contributed by atoms with E-state index < -0.39 is 0 Å². The number of unbranched alkanes of at least 4 members (excludes halogenated alkanes) is 3. The first kappa shape index (κ1) is 9.11. The van der Waals surface area contributed by atoms with Gasteiger partial charge < -0.3 is 0 Å². The molecule has 64 valence electrons. The van der Waals surface area contributed by atoms with E-state index in [9.17, 15) is 0 Å². The number of thioether (sulfide) groups is 1. The van der Waals surface area contributed by atoms with E-state index >= 15 is 0 Å². The Morgan fingerprint density at radius 3 is 2.91 bits per heavy atom. The highest BCUT2D eigenvalue weighted by atomic mass is 32.2. The van der Waals surface area contributed by atoms with E-state index in [0.29, 0.717) is 0 Å². The summed E-state index contributed by atoms with van der Waals surface area (Å²) in [4.78, 5) is 4.41. The first-order valence-electron chi connectivity index (χ1n) is 4.59. The number of hydrogen-bond donors (Lipinski definition) is 0. The molecule has 0 atom stereocenters. The monoisotopic (exact) mass is 171 g/mol. The molecule has 11 heavy (non-hydrogen) atoms. The van der Waals surface area contributed by atoms with Crippen LogP contribution in [0, 0.1) is 0 Å². The molecule has 0 bridgehead atoms. The lowest BCUT2D eigenvalue weighted by Gasteiger charge is -1.98. The number of nitrogens with zero attached hydrogens (tertiary/aromatic N) is 1. The molecule has 0 unspecified atom stereocenters. The lowest BCUT2D eigenvalue weighted by Crippen LogP contribution is -1.87. The van der Waals surface area contributed by atoms with E-state index in [1.54, 1.807) is 0 Å². The van der Waals surface area contributed by atoms with Crippen LogP contribution in [0.3, 0.4) is 0 Å². The molecule has 1 nitrogen and oxygen atoms in total. The van der Waals surface area contributed by atoms with Crippen LogP contribution in [0.4, 0.5) is 0 Å². The summed E-state index contributed by atoms with van der Waals surface area (Å²) in [6.07, 6.45) is 6.69. The van der Waals surface area contributed by atoms with E-state index in [1.165, 1.54) is 42.9 Å². The Hall–Kier alpha value is 0.0200. The van der Waals surface area contributed by atoms with Crippen molar-refractivity contribution < 1.29 is 0 Å². The van der Waals surface area contributed by atoms with Crippen molar-refractivity contribution in [3.8, 4) is 0 Å². The molecule has 0 saturated heterocycles. The summed E-state index contributed by atoms with van der Waals surface area (Å²) in [6.45, 7) is 3.32. The van der Waals surface area contributed by atoms with Crippen molar-refractivity contribution in [3.63, 3.8) is 0 Å². The SMILES string of the molecule is CCCCCCC1=NCCS1. The summed E-state index contributed by atoms with van der Waals surface area (Å²) in [5, 5.41) is 1.40. The second kappa shape index (κ2) is 5.64. The van der Waals surface area contributed by atoms with Gasteiger partial charge in [0.25, 0.3) is 0 Å². The van der Waals surface area contributed by atoms with Crippen LogP contribution >= 0.6 is 11.8 Å². The van der Waals surface area contributed by atoms with Gasteiger partial charge >= 0.3 is 0 Å². The fourth-order valence-corrected chi connectivity index (χ4v) is 2.12. The maximum atomic E-state index is 4.41. The Balaban J connectivity index is 1.94. The van der Waals surface area contributed by atoms with Crippen molar-refractivity contribution in [1.29, 1.82) is 0 Å². The van der Waals surface area contributed by atoms with Gasteiger partial charge in [0.05, 0.1) is 5.04 Å². The van der Waals surface area contributed by atoms with Crippen LogP contribution in [0.25, 0.3) is 0 Å². The maximum Gasteiger partial charge on any atom is 0.0676 e. The zero-order chi connectivity index (χ0) is 7.94. The van der Waals surface area contributed by atoms with Crippen molar-refractivity contribution in [1.82, 2.24) is 0 Å². The molecule has 0 radical (unpaired) electrons. The van der Waals surface area contributed by atoms with Crippen LogP contribution in [0.5, 0.6) is 0 Å². The summed E-state index contributed by atoms with van der Waals surface area (Å²) in [6, 6.07) is 0. The van der Waals surface area contributed by atoms with Crippen molar-refractivity contribution in [3.05, 3.63) is 0 Å². The molecular formula is C9H17NS. The Labute approximate surface area is 73.7 Å². The maximum absolute atomic E-state index is 4.41. The smallest absolute Gasteiger partial charge is 0.0676 e. The molecule has 0 aromatic heterocycles. The highest BCUT2D eigenvalue weighted by Gasteiger charge is 2.05. The molecule has 1 heterocycles. The number of aliphatic imine (C=N–C) groups is 1. The average Bonchev–Trinajstić information content (AvgIpc) is 2.50. The molecule has 1 aliphatic rings. The molecule has 0 fully saturated rings. The molecule has 0 saturated carbocycles. The highest BCUT2D eigenvalue weighted by Crippen LogP contribution is 2.17. The van der Waals surface area contributed by atoms with Gasteiger partial charge in [-0.3, -0.25) is 4.99 Å². The third-order valence-electron chi connectivity index (χ3n) is 1.89. The van der Waals surface area contributed by atoms with Gasteiger partial charge in [0.1, 0.15) is 0 Å². The minimum atomic E-state index is 1.06. The van der Waals surface area contributed by atoms with E-state index in [1.807, 2.05) is 11.8 Å². The fraction of sp³-hybridized carbons (Fsp3) is 0.889. The number of rotatable bonds is 5. The largest absolute Gasteiger partial charge is 0.282 e. The van der Waals surface area contributed by atoms with Crippen LogP contribution in [-0.4, -0.2) is 17.3 Å². The van der Waals surface area contributed by atoms with Gasteiger partial charge in [0.15, 0.2) is 0 Å². The van der Waals surface area contributed by atoms with E-state index in [4.69, 9.17) is 0 Å². The normalized spacial score (nSPS) is 17.0. The van der Waals surface area contributed by atoms with Gasteiger partial charge in [0, 0.05) is 12.3 Å². The van der Waals surface area contributed by atoms with Gasteiger partial charge in [-0.15, -0.1) is 11.8 Å². The summed E-state index contributed by atoms with van der Waals surface area (Å²) in [5.41, 5.74) is 0. The quantitative estimate of drug-likeness (QED) is 0.579. The summed E-state index contributed by atoms with van der Waals surface area (Å²) in [5.74, 6) is 1.23. The van der Waals surface area contributed by atoms with Gasteiger partial charge in [-0.1, -0.05) is 26.2 Å². The highest BCUT2D eigenvalue weighted by molar-refractivity contribution is 8.14. The van der Waals surface area contributed by atoms with Gasteiger partial charge in [-0.2, -0.15) is 0 Å². The minimum Gasteiger partial charge on any atom is -0.282 e. The molecule has 2 heteroatoms. The molecule has 0 spiro atoms. The van der Waals surface area contributed by atoms with E-state index in [0.717, 1.165) is 6.54 Å². The van der Waals surface area contributed by atoms with Crippen LogP contribution in [0.1, 0.15) is 39.0 Å². The van der Waals surface area contributed by atoms with Crippen LogP contribution in [-0.2, 0) is 0 Å². The summed E-state index contributed by atoms with van der Waals surface area (Å²) in [7, 11) is 0. The van der Waals surface area contributed by atoms with Crippen LogP contribution in [0.2, 0.25) is 0 Å². The van der Waals surface area contributed by atoms with E-state index in [2.05, 4.69) is 11.9 Å². The second-order valence-electron chi connectivity index (χ2n) is 2.93. The standard InChI is InChI=1S/C9H17NS/c1-2-3-4-5-6-9-10-7-8-11-9/h2-8H2,1H3. The van der Waals surface area contributed by atoms with Gasteiger partial charge in [-0.05, 0) is 12.8 Å². The second-order valence-corrected chi connectivity index (χ2v) is 4.10. The fourth-order valence-electron chi connectivity index (χ4n) is 1.23. The van der Waals surface area contributed by atoms with Crippen LogP contribution < -0.4 is 0 Å². The molecule has 0 N–H and O–H groups in total. The lowest BCUT2D eigenvalue weighted by molar-refractivity contribution is 0.684. The molecule has 1 rings (SSSR count). The molecule has 1 aliphatic heterocycles. The molecule has 0 aromatic rings. The van der Waals surface area contributed by atoms with Gasteiger partial charge in [-0.25, -0.2) is 0 Å². The Bertz CT molecular complexity index is 132. The lowest BCUT2D eigenvalue weighted by atomic mass is 10.2. The Morgan fingerprint density at radius 2 is 2.27 bits per heavy atom. The molecular weight excluding hydrogens is 154 g/mol. The van der Waals surface area contributed by atoms with Crippen molar-refractivity contribution in [2.45, 2.75) is 39.0 Å². The van der Waals surface area contributed by atoms with Crippen LogP contribution in [0.15, 0.2) is 4.99 Å². The number of hydrogen-bond acceptors (Lipinski definition) is 2. The third-order valence-corrected chi connectivity index (χ3v) is 2.95. The summed E-state index contributed by atoms with van der Waals surface area (Å²) < 4.78 is 0. The minimum absolute atomic E-state index is 1.06. The zero-order valence-electron chi connectivity index (χ0n) is 7.31. The summed E-state index contributed by atoms with van der Waals surface area (Å²) >= 11 is 1.95.